The van der Waals surface area contributed by atoms with Gasteiger partial charge in [0.25, 0.3) is 0 Å². The smallest absolute Gasteiger partial charge is 0.243 e. The molecule has 0 atom stereocenters. The fourth-order valence-electron chi connectivity index (χ4n) is 4.85. The van der Waals surface area contributed by atoms with Crippen molar-refractivity contribution in [2.24, 2.45) is 0 Å². The van der Waals surface area contributed by atoms with Crippen LogP contribution < -0.4 is 0 Å². The average Bonchev–Trinajstić information content (AvgIpc) is 3.17. The molecule has 2 heterocycles. The van der Waals surface area contributed by atoms with Crippen molar-refractivity contribution in [3.8, 4) is 6.07 Å². The Morgan fingerprint density at radius 1 is 1.08 bits per heavy atom. The highest BCUT2D eigenvalue weighted by Crippen LogP contribution is 2.36. The van der Waals surface area contributed by atoms with Crippen LogP contribution in [0.3, 0.4) is 0 Å². The number of nitrogens with zero attached hydrogens (tertiary/aromatic N) is 3. The molecule has 0 radical (unpaired) electrons. The topological polar surface area (TPSA) is 66.1 Å². The van der Waals surface area contributed by atoms with Gasteiger partial charge in [-0.2, -0.15) is 9.57 Å². The summed E-state index contributed by atoms with van der Waals surface area (Å²) in [5.74, 6) is -0.348. The molecule has 36 heavy (non-hydrogen) atoms. The van der Waals surface area contributed by atoms with Gasteiger partial charge in [0.2, 0.25) is 10.0 Å². The summed E-state index contributed by atoms with van der Waals surface area (Å²) in [6.45, 7) is 2.85. The van der Waals surface area contributed by atoms with E-state index in [2.05, 4.69) is 4.57 Å². The lowest BCUT2D eigenvalue weighted by Crippen LogP contribution is -2.34. The Morgan fingerprint density at radius 2 is 1.86 bits per heavy atom. The number of para-hydroxylation sites is 1. The van der Waals surface area contributed by atoms with Crippen LogP contribution in [0, 0.1) is 24.1 Å². The first-order valence-electron chi connectivity index (χ1n) is 11.5. The second-order valence-corrected chi connectivity index (χ2v) is 11.1. The second kappa shape index (κ2) is 9.55. The minimum Gasteiger partial charge on any atom is -0.340 e. The molecule has 0 aliphatic carbocycles. The maximum Gasteiger partial charge on any atom is 0.243 e. The second-order valence-electron chi connectivity index (χ2n) is 8.75. The van der Waals surface area contributed by atoms with Crippen molar-refractivity contribution in [3.63, 3.8) is 0 Å². The maximum absolute atomic E-state index is 14.6. The Hall–Kier alpha value is -3.44. The van der Waals surface area contributed by atoms with Crippen LogP contribution in [0.15, 0.2) is 77.7 Å². The van der Waals surface area contributed by atoms with Crippen LogP contribution in [-0.4, -0.2) is 30.4 Å². The Bertz CT molecular complexity index is 1650. The summed E-state index contributed by atoms with van der Waals surface area (Å²) in [6.07, 6.45) is 2.48. The Labute approximate surface area is 214 Å². The molecule has 182 valence electrons. The number of sulfonamides is 1. The first-order chi connectivity index (χ1) is 17.3. The lowest BCUT2D eigenvalue weighted by atomic mass is 9.97. The van der Waals surface area contributed by atoms with Gasteiger partial charge >= 0.3 is 0 Å². The zero-order chi connectivity index (χ0) is 25.4. The third kappa shape index (κ3) is 4.22. The van der Waals surface area contributed by atoms with Gasteiger partial charge in [-0.05, 0) is 55.3 Å². The standard InChI is InChI=1S/C28H23ClFN3O2S/c1-19-28(21-12-14-32(15-13-21)36(34,35)22-7-4-6-20(16-22)17-31)23-8-2-3-11-27(23)33(19)18-24-25(29)9-5-10-26(24)30/h2-12,16H,13-15,18H2,1H3. The molecule has 4 aromatic rings. The molecule has 3 aromatic carbocycles. The monoisotopic (exact) mass is 519 g/mol. The Balaban J connectivity index is 1.51. The first kappa shape index (κ1) is 24.3. The van der Waals surface area contributed by atoms with Crippen LogP contribution in [-0.2, 0) is 16.6 Å². The van der Waals surface area contributed by atoms with Gasteiger partial charge in [-0.1, -0.05) is 48.0 Å². The van der Waals surface area contributed by atoms with E-state index in [4.69, 9.17) is 16.9 Å². The summed E-state index contributed by atoms with van der Waals surface area (Å²) in [5.41, 5.74) is 4.78. The van der Waals surface area contributed by atoms with Crippen molar-refractivity contribution in [3.05, 3.63) is 106 Å². The quantitative estimate of drug-likeness (QED) is 0.318. The van der Waals surface area contributed by atoms with E-state index in [1.54, 1.807) is 24.3 Å². The van der Waals surface area contributed by atoms with E-state index in [1.807, 2.05) is 43.3 Å². The van der Waals surface area contributed by atoms with Crippen LogP contribution >= 0.6 is 11.6 Å². The number of rotatable bonds is 5. The van der Waals surface area contributed by atoms with Crippen LogP contribution in [0.4, 0.5) is 4.39 Å². The minimum absolute atomic E-state index is 0.118. The van der Waals surface area contributed by atoms with Crippen molar-refractivity contribution in [2.75, 3.05) is 13.1 Å². The highest BCUT2D eigenvalue weighted by Gasteiger charge is 2.28. The molecule has 0 saturated carbocycles. The molecule has 0 saturated heterocycles. The van der Waals surface area contributed by atoms with Crippen LogP contribution in [0.25, 0.3) is 16.5 Å². The zero-order valence-electron chi connectivity index (χ0n) is 19.6. The van der Waals surface area contributed by atoms with E-state index in [0.717, 1.165) is 27.7 Å². The molecule has 0 N–H and O–H groups in total. The molecule has 0 spiro atoms. The SMILES string of the molecule is Cc1c(C2=CCN(S(=O)(=O)c3cccc(C#N)c3)CC2)c2ccccc2n1Cc1c(F)cccc1Cl. The molecular weight excluding hydrogens is 497 g/mol. The van der Waals surface area contributed by atoms with Gasteiger partial charge in [0.15, 0.2) is 0 Å². The van der Waals surface area contributed by atoms with Crippen LogP contribution in [0.1, 0.15) is 28.8 Å². The van der Waals surface area contributed by atoms with Crippen molar-refractivity contribution in [1.29, 1.82) is 5.26 Å². The van der Waals surface area contributed by atoms with Crippen molar-refractivity contribution >= 4 is 38.1 Å². The predicted octanol–water partition coefficient (Wildman–Crippen LogP) is 6.14. The molecule has 5 rings (SSSR count). The number of hydrogen-bond acceptors (Lipinski definition) is 3. The van der Waals surface area contributed by atoms with Gasteiger partial charge in [0.05, 0.1) is 23.1 Å². The first-order valence-corrected chi connectivity index (χ1v) is 13.3. The van der Waals surface area contributed by atoms with Gasteiger partial charge < -0.3 is 4.57 Å². The van der Waals surface area contributed by atoms with Crippen molar-refractivity contribution in [2.45, 2.75) is 24.8 Å². The van der Waals surface area contributed by atoms with Gasteiger partial charge in [-0.3, -0.25) is 0 Å². The third-order valence-corrected chi connectivity index (χ3v) is 8.92. The molecule has 0 bridgehead atoms. The van der Waals surface area contributed by atoms with E-state index < -0.39 is 10.0 Å². The zero-order valence-corrected chi connectivity index (χ0v) is 21.2. The minimum atomic E-state index is -3.72. The molecule has 0 amide bonds. The van der Waals surface area contributed by atoms with Crippen LogP contribution in [0.2, 0.25) is 5.02 Å². The molecule has 0 fully saturated rings. The third-order valence-electron chi connectivity index (χ3n) is 6.70. The van der Waals surface area contributed by atoms with Gasteiger partial charge in [0.1, 0.15) is 5.82 Å². The fraction of sp³-hybridized carbons (Fsp3) is 0.179. The average molecular weight is 520 g/mol. The summed E-state index contributed by atoms with van der Waals surface area (Å²) in [7, 11) is -3.72. The lowest BCUT2D eigenvalue weighted by Gasteiger charge is -2.26. The van der Waals surface area contributed by atoms with Gasteiger partial charge in [-0.15, -0.1) is 0 Å². The normalized spacial score (nSPS) is 14.6. The number of fused-ring (bicyclic) bond motifs is 1. The number of nitriles is 1. The Kier molecular flexibility index (Phi) is 6.44. The summed E-state index contributed by atoms with van der Waals surface area (Å²) in [5, 5.41) is 10.6. The molecular formula is C28H23ClFN3O2S. The summed E-state index contributed by atoms with van der Waals surface area (Å²) in [6, 6.07) is 20.7. The molecule has 1 aliphatic heterocycles. The van der Waals surface area contributed by atoms with Gasteiger partial charge in [0, 0.05) is 45.8 Å². The molecule has 0 unspecified atom stereocenters. The number of benzene rings is 3. The molecule has 1 aromatic heterocycles. The van der Waals surface area contributed by atoms with Crippen molar-refractivity contribution < 1.29 is 12.8 Å². The van der Waals surface area contributed by atoms with E-state index in [9.17, 15) is 12.8 Å². The van der Waals surface area contributed by atoms with E-state index in [0.29, 0.717) is 35.7 Å². The summed E-state index contributed by atoms with van der Waals surface area (Å²) in [4.78, 5) is 0.118. The fourth-order valence-corrected chi connectivity index (χ4v) is 6.50. The maximum atomic E-state index is 14.6. The van der Waals surface area contributed by atoms with Crippen molar-refractivity contribution in [1.82, 2.24) is 8.87 Å². The van der Waals surface area contributed by atoms with E-state index in [-0.39, 0.29) is 17.3 Å². The summed E-state index contributed by atoms with van der Waals surface area (Å²) < 4.78 is 44.4. The lowest BCUT2D eigenvalue weighted by molar-refractivity contribution is 0.441. The highest BCUT2D eigenvalue weighted by atomic mass is 35.5. The number of halogens is 2. The molecule has 1 aliphatic rings. The van der Waals surface area contributed by atoms with Crippen LogP contribution in [0.5, 0.6) is 0 Å². The largest absolute Gasteiger partial charge is 0.340 e. The van der Waals surface area contributed by atoms with E-state index >= 15 is 0 Å². The number of aromatic nitrogens is 1. The van der Waals surface area contributed by atoms with Gasteiger partial charge in [-0.25, -0.2) is 12.8 Å². The Morgan fingerprint density at radius 3 is 2.58 bits per heavy atom. The molecule has 8 heteroatoms. The highest BCUT2D eigenvalue weighted by molar-refractivity contribution is 7.89. The summed E-state index contributed by atoms with van der Waals surface area (Å²) >= 11 is 6.32. The predicted molar refractivity (Wildman–Crippen MR) is 140 cm³/mol. The molecule has 5 nitrogen and oxygen atoms in total. The van der Waals surface area contributed by atoms with E-state index in [1.165, 1.54) is 22.5 Å². The number of hydrogen-bond donors (Lipinski definition) is 0.